The van der Waals surface area contributed by atoms with Crippen LogP contribution in [0.4, 0.5) is 0 Å². The van der Waals surface area contributed by atoms with Crippen molar-refractivity contribution < 1.29 is 4.74 Å². The molecule has 1 aromatic rings. The fraction of sp³-hybridized carbons (Fsp3) is 0.647. The Morgan fingerprint density at radius 3 is 2.87 bits per heavy atom. The number of hydrogen-bond acceptors (Lipinski definition) is 4. The summed E-state index contributed by atoms with van der Waals surface area (Å²) >= 11 is 0. The predicted octanol–water partition coefficient (Wildman–Crippen LogP) is 1.48. The number of guanidine groups is 1. The second kappa shape index (κ2) is 8.15. The zero-order valence-electron chi connectivity index (χ0n) is 14.8. The molecule has 1 saturated heterocycles. The molecule has 0 amide bonds. The maximum absolute atomic E-state index is 5.28. The number of likely N-dealkylation sites (tertiary alicyclic amines) is 1. The summed E-state index contributed by atoms with van der Waals surface area (Å²) < 4.78 is 5.28. The van der Waals surface area contributed by atoms with Crippen LogP contribution in [0.25, 0.3) is 0 Å². The number of rotatable bonds is 5. The van der Waals surface area contributed by atoms with Crippen LogP contribution >= 0.6 is 0 Å². The van der Waals surface area contributed by atoms with Crippen molar-refractivity contribution in [2.24, 2.45) is 10.9 Å². The summed E-state index contributed by atoms with van der Waals surface area (Å²) in [7, 11) is 3.44. The van der Waals surface area contributed by atoms with Crippen molar-refractivity contribution in [3.8, 4) is 5.88 Å². The third-order valence-corrected chi connectivity index (χ3v) is 4.41. The van der Waals surface area contributed by atoms with Crippen LogP contribution in [0.15, 0.2) is 23.3 Å². The van der Waals surface area contributed by atoms with Gasteiger partial charge in [0.1, 0.15) is 0 Å². The largest absolute Gasteiger partial charge is 0.481 e. The molecule has 2 heterocycles. The van der Waals surface area contributed by atoms with Gasteiger partial charge in [-0.15, -0.1) is 0 Å². The first-order chi connectivity index (χ1) is 11.0. The fourth-order valence-electron chi connectivity index (χ4n) is 2.91. The zero-order valence-corrected chi connectivity index (χ0v) is 14.8. The van der Waals surface area contributed by atoms with E-state index in [4.69, 9.17) is 4.74 Å². The lowest BCUT2D eigenvalue weighted by molar-refractivity contribution is 0.265. The number of aliphatic imine (C=N–C) groups is 1. The predicted molar refractivity (Wildman–Crippen MR) is 93.8 cm³/mol. The third-order valence-electron chi connectivity index (χ3n) is 4.41. The summed E-state index contributed by atoms with van der Waals surface area (Å²) in [5.41, 5.74) is 1.02. The van der Waals surface area contributed by atoms with E-state index < -0.39 is 0 Å². The van der Waals surface area contributed by atoms with E-state index in [0.29, 0.717) is 30.4 Å². The number of nitrogens with one attached hydrogen (secondary N) is 2. The van der Waals surface area contributed by atoms with Gasteiger partial charge in [-0.1, -0.05) is 13.0 Å². The fourth-order valence-corrected chi connectivity index (χ4v) is 2.91. The van der Waals surface area contributed by atoms with Gasteiger partial charge in [0.05, 0.1) is 7.11 Å². The SMILES string of the molecule is CN=C(NCc1cccnc1OC)NC1CN(C(C)C)CC1C. The molecule has 0 aliphatic carbocycles. The van der Waals surface area contributed by atoms with Crippen LogP contribution in [0.2, 0.25) is 0 Å². The van der Waals surface area contributed by atoms with Crippen molar-refractivity contribution in [1.29, 1.82) is 0 Å². The highest BCUT2D eigenvalue weighted by atomic mass is 16.5. The molecule has 0 radical (unpaired) electrons. The van der Waals surface area contributed by atoms with E-state index in [-0.39, 0.29) is 0 Å². The normalized spacial score (nSPS) is 22.4. The molecule has 0 aromatic carbocycles. The van der Waals surface area contributed by atoms with Crippen LogP contribution in [0.1, 0.15) is 26.3 Å². The first kappa shape index (κ1) is 17.5. The van der Waals surface area contributed by atoms with Crippen LogP contribution in [0.5, 0.6) is 5.88 Å². The van der Waals surface area contributed by atoms with Gasteiger partial charge in [0.2, 0.25) is 5.88 Å². The minimum absolute atomic E-state index is 0.416. The Morgan fingerprint density at radius 1 is 1.48 bits per heavy atom. The summed E-state index contributed by atoms with van der Waals surface area (Å²) in [4.78, 5) is 11.1. The van der Waals surface area contributed by atoms with Gasteiger partial charge in [-0.2, -0.15) is 0 Å². The number of pyridine rings is 1. The molecule has 2 unspecified atom stereocenters. The van der Waals surface area contributed by atoms with E-state index >= 15 is 0 Å². The Hall–Kier alpha value is -1.82. The first-order valence-electron chi connectivity index (χ1n) is 8.24. The smallest absolute Gasteiger partial charge is 0.218 e. The van der Waals surface area contributed by atoms with Gasteiger partial charge < -0.3 is 15.4 Å². The van der Waals surface area contributed by atoms with Crippen molar-refractivity contribution in [3.05, 3.63) is 23.9 Å². The molecule has 23 heavy (non-hydrogen) atoms. The lowest BCUT2D eigenvalue weighted by Crippen LogP contribution is -2.46. The topological polar surface area (TPSA) is 61.8 Å². The monoisotopic (exact) mass is 319 g/mol. The molecule has 1 aliphatic rings. The average Bonchev–Trinajstić information content (AvgIpc) is 2.92. The summed E-state index contributed by atoms with van der Waals surface area (Å²) in [6.07, 6.45) is 1.73. The van der Waals surface area contributed by atoms with Crippen molar-refractivity contribution in [3.63, 3.8) is 0 Å². The van der Waals surface area contributed by atoms with Crippen molar-refractivity contribution in [2.75, 3.05) is 27.2 Å². The number of aromatic nitrogens is 1. The van der Waals surface area contributed by atoms with Gasteiger partial charge in [0, 0.05) is 50.5 Å². The molecular weight excluding hydrogens is 290 g/mol. The molecule has 6 nitrogen and oxygen atoms in total. The number of ether oxygens (including phenoxy) is 1. The Balaban J connectivity index is 1.91. The molecule has 0 saturated carbocycles. The molecule has 0 spiro atoms. The van der Waals surface area contributed by atoms with E-state index in [0.717, 1.165) is 24.6 Å². The van der Waals surface area contributed by atoms with Crippen LogP contribution in [-0.2, 0) is 6.54 Å². The Kier molecular flexibility index (Phi) is 6.21. The average molecular weight is 319 g/mol. The van der Waals surface area contributed by atoms with E-state index in [1.54, 1.807) is 20.4 Å². The van der Waals surface area contributed by atoms with Crippen LogP contribution < -0.4 is 15.4 Å². The van der Waals surface area contributed by atoms with Gasteiger partial charge in [0.15, 0.2) is 5.96 Å². The Labute approximate surface area is 139 Å². The highest BCUT2D eigenvalue weighted by Crippen LogP contribution is 2.18. The number of nitrogens with zero attached hydrogens (tertiary/aromatic N) is 3. The van der Waals surface area contributed by atoms with E-state index in [2.05, 4.69) is 46.3 Å². The zero-order chi connectivity index (χ0) is 16.8. The maximum Gasteiger partial charge on any atom is 0.218 e. The van der Waals surface area contributed by atoms with Gasteiger partial charge >= 0.3 is 0 Å². The molecule has 6 heteroatoms. The Bertz CT molecular complexity index is 531. The molecule has 1 aromatic heterocycles. The minimum atomic E-state index is 0.416. The van der Waals surface area contributed by atoms with Crippen LogP contribution in [0.3, 0.4) is 0 Å². The minimum Gasteiger partial charge on any atom is -0.481 e. The van der Waals surface area contributed by atoms with Gasteiger partial charge in [0.25, 0.3) is 0 Å². The maximum atomic E-state index is 5.28. The van der Waals surface area contributed by atoms with Crippen molar-refractivity contribution in [1.82, 2.24) is 20.5 Å². The number of methoxy groups -OCH3 is 1. The quantitative estimate of drug-likeness (QED) is 0.636. The molecule has 0 bridgehead atoms. The second-order valence-electron chi connectivity index (χ2n) is 6.37. The van der Waals surface area contributed by atoms with E-state index in [1.807, 2.05) is 12.1 Å². The molecule has 2 atom stereocenters. The Morgan fingerprint density at radius 2 is 2.26 bits per heavy atom. The lowest BCUT2D eigenvalue weighted by atomic mass is 10.1. The van der Waals surface area contributed by atoms with Crippen LogP contribution in [-0.4, -0.2) is 55.2 Å². The van der Waals surface area contributed by atoms with Gasteiger partial charge in [-0.25, -0.2) is 4.98 Å². The molecule has 2 N–H and O–H groups in total. The molecule has 1 aliphatic heterocycles. The van der Waals surface area contributed by atoms with Gasteiger partial charge in [-0.05, 0) is 25.8 Å². The van der Waals surface area contributed by atoms with E-state index in [9.17, 15) is 0 Å². The summed E-state index contributed by atoms with van der Waals surface area (Å²) in [6, 6.07) is 4.92. The van der Waals surface area contributed by atoms with Crippen molar-refractivity contribution in [2.45, 2.75) is 39.4 Å². The molecule has 128 valence electrons. The summed E-state index contributed by atoms with van der Waals surface area (Å²) in [6.45, 7) is 9.59. The first-order valence-corrected chi connectivity index (χ1v) is 8.24. The summed E-state index contributed by atoms with van der Waals surface area (Å²) in [5.74, 6) is 2.07. The third kappa shape index (κ3) is 4.58. The van der Waals surface area contributed by atoms with E-state index in [1.165, 1.54) is 0 Å². The number of hydrogen-bond donors (Lipinski definition) is 2. The highest BCUT2D eigenvalue weighted by Gasteiger charge is 2.31. The molecule has 2 rings (SSSR count). The summed E-state index contributed by atoms with van der Waals surface area (Å²) in [5, 5.41) is 6.90. The molecule has 1 fully saturated rings. The second-order valence-corrected chi connectivity index (χ2v) is 6.37. The van der Waals surface area contributed by atoms with Crippen LogP contribution in [0, 0.1) is 5.92 Å². The lowest BCUT2D eigenvalue weighted by Gasteiger charge is -2.22. The van der Waals surface area contributed by atoms with Crippen molar-refractivity contribution >= 4 is 5.96 Å². The highest BCUT2D eigenvalue weighted by molar-refractivity contribution is 5.80. The van der Waals surface area contributed by atoms with Gasteiger partial charge in [-0.3, -0.25) is 9.89 Å². The molecular formula is C17H29N5O. The standard InChI is InChI=1S/C17H29N5O/c1-12(2)22-10-13(3)15(11-22)21-17(18-4)20-9-14-7-6-8-19-16(14)23-5/h6-8,12-13,15H,9-11H2,1-5H3,(H2,18,20,21).